The van der Waals surface area contributed by atoms with Gasteiger partial charge in [0.15, 0.2) is 5.82 Å². The Bertz CT molecular complexity index is 504. The van der Waals surface area contributed by atoms with Gasteiger partial charge in [-0.25, -0.2) is 4.39 Å². The molecule has 0 saturated heterocycles. The van der Waals surface area contributed by atoms with E-state index < -0.39 is 0 Å². The van der Waals surface area contributed by atoms with Crippen LogP contribution in [0, 0.1) is 5.82 Å². The number of benzene rings is 1. The highest BCUT2D eigenvalue weighted by molar-refractivity contribution is 7.98. The number of halogens is 1. The van der Waals surface area contributed by atoms with Crippen molar-refractivity contribution in [3.8, 4) is 0 Å². The molecule has 1 N–H and O–H groups in total. The van der Waals surface area contributed by atoms with Crippen LogP contribution >= 0.6 is 11.8 Å². The maximum absolute atomic E-state index is 13.0. The third-order valence-electron chi connectivity index (χ3n) is 2.20. The fourth-order valence-corrected chi connectivity index (χ4v) is 2.14. The molecular weight excluding hydrogens is 253 g/mol. The van der Waals surface area contributed by atoms with Crippen molar-refractivity contribution < 1.29 is 8.91 Å². The van der Waals surface area contributed by atoms with Crippen LogP contribution in [0.1, 0.15) is 18.6 Å². The lowest BCUT2D eigenvalue weighted by atomic mass is 10.4. The maximum atomic E-state index is 13.0. The molecule has 2 rings (SSSR count). The van der Waals surface area contributed by atoms with Crippen LogP contribution in [0.25, 0.3) is 0 Å². The van der Waals surface area contributed by atoms with Gasteiger partial charge < -0.3 is 9.84 Å². The quantitative estimate of drug-likeness (QED) is 0.815. The van der Waals surface area contributed by atoms with E-state index >= 15 is 0 Å². The molecule has 1 aromatic heterocycles. The summed E-state index contributed by atoms with van der Waals surface area (Å²) in [6.07, 6.45) is 0. The van der Waals surface area contributed by atoms with Crippen LogP contribution < -0.4 is 5.32 Å². The topological polar surface area (TPSA) is 51.0 Å². The van der Waals surface area contributed by atoms with Gasteiger partial charge in [0, 0.05) is 4.90 Å². The van der Waals surface area contributed by atoms with Crippen molar-refractivity contribution in [3.05, 3.63) is 41.8 Å². The second-order valence-corrected chi connectivity index (χ2v) is 4.68. The summed E-state index contributed by atoms with van der Waals surface area (Å²) < 4.78 is 18.0. The third-order valence-corrected chi connectivity index (χ3v) is 3.19. The molecule has 0 aliphatic heterocycles. The number of hydrogen-bond acceptors (Lipinski definition) is 5. The summed E-state index contributed by atoms with van der Waals surface area (Å²) in [5.74, 6) is 1.53. The monoisotopic (exact) mass is 267 g/mol. The van der Waals surface area contributed by atoms with E-state index in [0.717, 1.165) is 11.4 Å². The molecule has 18 heavy (non-hydrogen) atoms. The second kappa shape index (κ2) is 6.51. The average molecular weight is 267 g/mol. The minimum Gasteiger partial charge on any atom is -0.338 e. The van der Waals surface area contributed by atoms with Gasteiger partial charge in [0.2, 0.25) is 5.89 Å². The molecule has 6 heteroatoms. The molecule has 0 spiro atoms. The smallest absolute Gasteiger partial charge is 0.240 e. The van der Waals surface area contributed by atoms with Crippen molar-refractivity contribution in [3.63, 3.8) is 0 Å². The number of nitrogens with zero attached hydrogens (tertiary/aromatic N) is 2. The Balaban J connectivity index is 1.88. The van der Waals surface area contributed by atoms with Crippen LogP contribution in [0.3, 0.4) is 0 Å². The number of aromatic nitrogens is 2. The number of rotatable bonds is 6. The average Bonchev–Trinajstić information content (AvgIpc) is 2.82. The zero-order valence-corrected chi connectivity index (χ0v) is 10.8. The van der Waals surface area contributed by atoms with Gasteiger partial charge in [-0.1, -0.05) is 18.1 Å². The first-order valence-corrected chi connectivity index (χ1v) is 6.67. The Labute approximate surface area is 109 Å². The fourth-order valence-electron chi connectivity index (χ4n) is 1.36. The van der Waals surface area contributed by atoms with E-state index in [-0.39, 0.29) is 5.82 Å². The lowest BCUT2D eigenvalue weighted by molar-refractivity contribution is 0.365. The Hall–Kier alpha value is -1.40. The van der Waals surface area contributed by atoms with Crippen molar-refractivity contribution in [2.24, 2.45) is 0 Å². The number of thioether (sulfide) groups is 1. The van der Waals surface area contributed by atoms with Gasteiger partial charge in [0.1, 0.15) is 5.82 Å². The predicted molar refractivity (Wildman–Crippen MR) is 67.6 cm³/mol. The Morgan fingerprint density at radius 2 is 2.33 bits per heavy atom. The van der Waals surface area contributed by atoms with Crippen LogP contribution in [-0.4, -0.2) is 16.7 Å². The van der Waals surface area contributed by atoms with Gasteiger partial charge in [-0.2, -0.15) is 4.98 Å². The van der Waals surface area contributed by atoms with E-state index in [9.17, 15) is 4.39 Å². The molecule has 0 amide bonds. The first kappa shape index (κ1) is 13.0. The first-order valence-electron chi connectivity index (χ1n) is 5.68. The molecule has 1 heterocycles. The van der Waals surface area contributed by atoms with Crippen LogP contribution in [0.4, 0.5) is 4.39 Å². The van der Waals surface area contributed by atoms with Crippen LogP contribution in [0.15, 0.2) is 33.7 Å². The first-order chi connectivity index (χ1) is 8.78. The molecule has 0 fully saturated rings. The minimum absolute atomic E-state index is 0.235. The maximum Gasteiger partial charge on any atom is 0.240 e. The third kappa shape index (κ3) is 3.82. The van der Waals surface area contributed by atoms with E-state index in [4.69, 9.17) is 4.52 Å². The summed E-state index contributed by atoms with van der Waals surface area (Å²) in [6, 6.07) is 6.45. The molecule has 2 aromatic rings. The van der Waals surface area contributed by atoms with Gasteiger partial charge >= 0.3 is 0 Å². The minimum atomic E-state index is -0.235. The van der Waals surface area contributed by atoms with Gasteiger partial charge in [0.05, 0.1) is 12.3 Å². The van der Waals surface area contributed by atoms with E-state index in [1.807, 2.05) is 13.0 Å². The normalized spacial score (nSPS) is 10.8. The fraction of sp³-hybridized carbons (Fsp3) is 0.333. The summed E-state index contributed by atoms with van der Waals surface area (Å²) in [7, 11) is 0. The zero-order chi connectivity index (χ0) is 12.8. The van der Waals surface area contributed by atoms with Crippen molar-refractivity contribution in [2.45, 2.75) is 24.1 Å². The van der Waals surface area contributed by atoms with Gasteiger partial charge in [-0.05, 0) is 24.7 Å². The largest absolute Gasteiger partial charge is 0.338 e. The van der Waals surface area contributed by atoms with Crippen LogP contribution in [0.5, 0.6) is 0 Å². The van der Waals surface area contributed by atoms with Crippen LogP contribution in [-0.2, 0) is 12.3 Å². The predicted octanol–water partition coefficient (Wildman–Crippen LogP) is 2.61. The molecule has 0 aliphatic carbocycles. The summed E-state index contributed by atoms with van der Waals surface area (Å²) in [5.41, 5.74) is 0. The van der Waals surface area contributed by atoms with Crippen molar-refractivity contribution >= 4 is 11.8 Å². The summed E-state index contributed by atoms with van der Waals surface area (Å²) in [4.78, 5) is 5.09. The van der Waals surface area contributed by atoms with Crippen molar-refractivity contribution in [1.29, 1.82) is 0 Å². The second-order valence-electron chi connectivity index (χ2n) is 3.63. The zero-order valence-electron chi connectivity index (χ0n) is 10.0. The molecule has 96 valence electrons. The Morgan fingerprint density at radius 1 is 1.44 bits per heavy atom. The standard InChI is InChI=1S/C12H14FN3OS/c1-2-14-7-12-15-11(16-17-12)8-18-10-5-3-4-9(13)6-10/h3-6,14H,2,7-8H2,1H3. The van der Waals surface area contributed by atoms with Gasteiger partial charge in [-0.15, -0.1) is 11.8 Å². The van der Waals surface area contributed by atoms with Crippen molar-refractivity contribution in [2.75, 3.05) is 6.54 Å². The van der Waals surface area contributed by atoms with E-state index in [1.54, 1.807) is 6.07 Å². The highest BCUT2D eigenvalue weighted by atomic mass is 32.2. The summed E-state index contributed by atoms with van der Waals surface area (Å²) in [5, 5.41) is 6.97. The lowest BCUT2D eigenvalue weighted by Crippen LogP contribution is -2.11. The molecular formula is C12H14FN3OS. The molecule has 0 atom stereocenters. The number of nitrogens with one attached hydrogen (secondary N) is 1. The summed E-state index contributed by atoms with van der Waals surface area (Å²) in [6.45, 7) is 3.45. The lowest BCUT2D eigenvalue weighted by Gasteiger charge is -1.97. The molecule has 1 aromatic carbocycles. The summed E-state index contributed by atoms with van der Waals surface area (Å²) >= 11 is 1.48. The van der Waals surface area contributed by atoms with Gasteiger partial charge in [0.25, 0.3) is 0 Å². The molecule has 4 nitrogen and oxygen atoms in total. The SMILES string of the molecule is CCNCc1nc(CSc2cccc(F)c2)no1. The Morgan fingerprint density at radius 3 is 3.11 bits per heavy atom. The van der Waals surface area contributed by atoms with Crippen LogP contribution in [0.2, 0.25) is 0 Å². The molecule has 0 unspecified atom stereocenters. The Kier molecular flexibility index (Phi) is 4.72. The highest BCUT2D eigenvalue weighted by Crippen LogP contribution is 2.21. The van der Waals surface area contributed by atoms with E-state index in [2.05, 4.69) is 15.5 Å². The number of hydrogen-bond donors (Lipinski definition) is 1. The van der Waals surface area contributed by atoms with E-state index in [1.165, 1.54) is 23.9 Å². The van der Waals surface area contributed by atoms with E-state index in [0.29, 0.717) is 24.0 Å². The molecule has 0 radical (unpaired) electrons. The molecule has 0 saturated carbocycles. The molecule has 0 aliphatic rings. The highest BCUT2D eigenvalue weighted by Gasteiger charge is 2.06. The molecule has 0 bridgehead atoms. The van der Waals surface area contributed by atoms with Crippen molar-refractivity contribution in [1.82, 2.24) is 15.5 Å². The van der Waals surface area contributed by atoms with Gasteiger partial charge in [-0.3, -0.25) is 0 Å².